The fraction of sp³-hybridized carbons (Fsp3) is 0.900. The monoisotopic (exact) mass is 896 g/mol. The van der Waals surface area contributed by atoms with Gasteiger partial charge in [0.2, 0.25) is 0 Å². The van der Waals surface area contributed by atoms with E-state index in [-0.39, 0.29) is 122 Å². The second-order valence-electron chi connectivity index (χ2n) is 23.6. The van der Waals surface area contributed by atoms with Crippen molar-refractivity contribution in [2.75, 3.05) is 0 Å². The van der Waals surface area contributed by atoms with Crippen LogP contribution in [0, 0.1) is 5.92 Å². The van der Waals surface area contributed by atoms with Crippen LogP contribution < -0.4 is 0 Å². The van der Waals surface area contributed by atoms with Crippen molar-refractivity contribution in [2.24, 2.45) is 5.92 Å². The lowest BCUT2D eigenvalue weighted by Gasteiger charge is -2.61. The summed E-state index contributed by atoms with van der Waals surface area (Å²) < 4.78 is 82.7. The van der Waals surface area contributed by atoms with Crippen molar-refractivity contribution in [3.63, 3.8) is 0 Å². The molecule has 12 aliphatic rings. The lowest BCUT2D eigenvalue weighted by molar-refractivity contribution is -0.360. The maximum atomic E-state index is 12.3. The highest BCUT2D eigenvalue weighted by molar-refractivity contribution is 5.84. The predicted molar refractivity (Wildman–Crippen MR) is 227 cm³/mol. The third kappa shape index (κ3) is 7.03. The average molecular weight is 897 g/mol. The number of carbonyl (C=O) groups excluding carboxylic acids is 1. The van der Waals surface area contributed by atoms with Gasteiger partial charge in [-0.2, -0.15) is 0 Å². The van der Waals surface area contributed by atoms with E-state index in [9.17, 15) is 9.90 Å². The van der Waals surface area contributed by atoms with Gasteiger partial charge in [-0.1, -0.05) is 12.5 Å². The molecular weight excluding hydrogens is 825 g/mol. The van der Waals surface area contributed by atoms with Gasteiger partial charge in [0.05, 0.1) is 114 Å². The fourth-order valence-electron chi connectivity index (χ4n) is 14.7. The first-order valence-electron chi connectivity index (χ1n) is 24.8. The number of hydrogen-bond donors (Lipinski definition) is 1. The molecule has 11 saturated heterocycles. The van der Waals surface area contributed by atoms with Crippen LogP contribution in [0.15, 0.2) is 23.8 Å². The zero-order chi connectivity index (χ0) is 44.5. The van der Waals surface area contributed by atoms with Crippen LogP contribution in [-0.4, -0.2) is 155 Å². The smallest absolute Gasteiger partial charge is 0.331 e. The molecule has 1 N–H and O–H groups in total. The van der Waals surface area contributed by atoms with Gasteiger partial charge in [0.25, 0.3) is 0 Å². The van der Waals surface area contributed by atoms with Crippen LogP contribution in [0.25, 0.3) is 0 Å². The van der Waals surface area contributed by atoms with Gasteiger partial charge in [0, 0.05) is 57.4 Å². The summed E-state index contributed by atoms with van der Waals surface area (Å²) in [4.78, 5) is 12.3. The first-order valence-corrected chi connectivity index (χ1v) is 24.8. The Hall–Kier alpha value is -1.53. The normalized spacial score (nSPS) is 59.6. The first kappa shape index (κ1) is 43.7. The highest BCUT2D eigenvalue weighted by atomic mass is 16.7. The molecule has 0 radical (unpaired) electrons. The van der Waals surface area contributed by atoms with E-state index >= 15 is 0 Å². The summed E-state index contributed by atoms with van der Waals surface area (Å²) in [5.41, 5.74) is -1.26. The number of esters is 1. The Balaban J connectivity index is 0.745. The zero-order valence-corrected chi connectivity index (χ0v) is 39.1. The molecule has 12 heterocycles. The van der Waals surface area contributed by atoms with E-state index in [1.165, 1.54) is 0 Å². The minimum Gasteiger partial charge on any atom is -0.456 e. The summed E-state index contributed by atoms with van der Waals surface area (Å²) in [6.45, 7) is 21.1. The van der Waals surface area contributed by atoms with Crippen LogP contribution in [0.3, 0.4) is 0 Å². The van der Waals surface area contributed by atoms with Gasteiger partial charge < -0.3 is 61.9 Å². The van der Waals surface area contributed by atoms with Crippen LogP contribution in [-0.2, 0) is 61.6 Å². The van der Waals surface area contributed by atoms with Gasteiger partial charge in [-0.25, -0.2) is 4.79 Å². The Labute approximate surface area is 377 Å². The maximum absolute atomic E-state index is 12.3. The second kappa shape index (κ2) is 15.0. The van der Waals surface area contributed by atoms with Crippen LogP contribution in [0.5, 0.6) is 0 Å². The van der Waals surface area contributed by atoms with E-state index in [0.717, 1.165) is 36.8 Å². The number of ether oxygens (including phenoxy) is 12. The van der Waals surface area contributed by atoms with Crippen LogP contribution in [0.1, 0.15) is 132 Å². The Morgan fingerprint density at radius 2 is 1.34 bits per heavy atom. The molecule has 0 saturated carbocycles. The molecule has 0 aromatic carbocycles. The number of rotatable bonds is 2. The highest BCUT2D eigenvalue weighted by Gasteiger charge is 2.67. The Kier molecular flexibility index (Phi) is 10.2. The van der Waals surface area contributed by atoms with Gasteiger partial charge >= 0.3 is 5.97 Å². The molecule has 0 aromatic heterocycles. The Morgan fingerprint density at radius 3 is 2.16 bits per heavy atom. The van der Waals surface area contributed by atoms with E-state index in [0.29, 0.717) is 51.4 Å². The molecule has 12 rings (SSSR count). The van der Waals surface area contributed by atoms with Gasteiger partial charge in [0.1, 0.15) is 30.0 Å². The van der Waals surface area contributed by atoms with Crippen molar-refractivity contribution >= 4 is 5.97 Å². The van der Waals surface area contributed by atoms with Crippen molar-refractivity contribution in [1.29, 1.82) is 0 Å². The highest BCUT2D eigenvalue weighted by Crippen LogP contribution is 2.57. The molecule has 356 valence electrons. The first-order chi connectivity index (χ1) is 30.3. The van der Waals surface area contributed by atoms with E-state index in [1.54, 1.807) is 6.08 Å². The minimum atomic E-state index is -0.833. The summed E-state index contributed by atoms with van der Waals surface area (Å²) in [5, 5.41) is 11.5. The van der Waals surface area contributed by atoms with E-state index in [4.69, 9.17) is 56.8 Å². The standard InChI is InChI=1S/C50H72O14/c1-23(2)12-26-15-35(51)50(9)39(53-26)17-29-30(61-50)16-31-44(58-29)45-34(59-45)21-48(7)40(56-31)22-49(8)38(62-48)19-37-46(5,64-49)11-10-27-42(60-37)24(3)13-28-33(54-27)20-47(6)36(55-28)18-32-43(63-47)25(4)14-41(52)57-32/h14,24,26-40,42-45,51H,1,10-13,15-22H2,2-9H3. The van der Waals surface area contributed by atoms with Gasteiger partial charge in [-0.15, -0.1) is 6.58 Å². The summed E-state index contributed by atoms with van der Waals surface area (Å²) in [7, 11) is 0. The molecule has 0 aromatic rings. The molecule has 0 bridgehead atoms. The summed E-state index contributed by atoms with van der Waals surface area (Å²) in [6, 6.07) is 0. The van der Waals surface area contributed by atoms with Crippen LogP contribution in [0.4, 0.5) is 0 Å². The largest absolute Gasteiger partial charge is 0.456 e. The number of aliphatic hydroxyl groups excluding tert-OH is 1. The number of hydrogen-bond acceptors (Lipinski definition) is 14. The lowest BCUT2D eigenvalue weighted by atomic mass is 9.72. The van der Waals surface area contributed by atoms with E-state index in [1.807, 2.05) is 20.8 Å². The maximum Gasteiger partial charge on any atom is 0.331 e. The topological polar surface area (TPSA) is 151 Å². The molecule has 0 amide bonds. The van der Waals surface area contributed by atoms with E-state index in [2.05, 4.69) is 41.2 Å². The third-order valence-electron chi connectivity index (χ3n) is 18.4. The van der Waals surface area contributed by atoms with Crippen molar-refractivity contribution in [1.82, 2.24) is 0 Å². The van der Waals surface area contributed by atoms with Crippen molar-refractivity contribution in [2.45, 2.75) is 276 Å². The molecule has 25 unspecified atom stereocenters. The summed E-state index contributed by atoms with van der Waals surface area (Å²) in [6.07, 6.45) is 5.78. The van der Waals surface area contributed by atoms with Gasteiger partial charge in [-0.05, 0) is 85.6 Å². The molecule has 0 aliphatic carbocycles. The molecule has 11 fully saturated rings. The summed E-state index contributed by atoms with van der Waals surface area (Å²) in [5.74, 6) is -0.135. The quantitative estimate of drug-likeness (QED) is 0.211. The molecule has 25 atom stereocenters. The Morgan fingerprint density at radius 1 is 0.641 bits per heavy atom. The van der Waals surface area contributed by atoms with Gasteiger partial charge in [-0.3, -0.25) is 0 Å². The van der Waals surface area contributed by atoms with Crippen molar-refractivity contribution < 1.29 is 66.7 Å². The molecule has 14 nitrogen and oxygen atoms in total. The third-order valence-corrected chi connectivity index (χ3v) is 18.4. The number of aliphatic hydroxyl groups is 1. The lowest BCUT2D eigenvalue weighted by Crippen LogP contribution is -2.71. The van der Waals surface area contributed by atoms with Gasteiger partial charge in [0.15, 0.2) is 0 Å². The minimum absolute atomic E-state index is 0.00253. The number of carbonyl (C=O) groups is 1. The molecule has 64 heavy (non-hydrogen) atoms. The molecular formula is C50H72O14. The molecule has 0 spiro atoms. The predicted octanol–water partition coefficient (Wildman–Crippen LogP) is 5.50. The van der Waals surface area contributed by atoms with Crippen molar-refractivity contribution in [3.05, 3.63) is 23.8 Å². The second-order valence-corrected chi connectivity index (χ2v) is 23.6. The van der Waals surface area contributed by atoms with Crippen LogP contribution in [0.2, 0.25) is 0 Å². The number of fused-ring (bicyclic) bond motifs is 12. The SMILES string of the molecule is C=C(C)CC1CC(O)C2(C)OC3CC4OC5CC6(C)OC7(C)CCC8OC9CC%10(C)OC%11C(C)=CC(=O)OC%11CC%10OC9CC(C)C8OC7CC6OC5(C)CC5OC5C4OC3CC2O1. The average Bonchev–Trinajstić information content (AvgIpc) is 3.99. The Bertz CT molecular complexity index is 1930. The molecule has 14 heteroatoms. The van der Waals surface area contributed by atoms with E-state index < -0.39 is 34.1 Å². The summed E-state index contributed by atoms with van der Waals surface area (Å²) >= 11 is 0. The fourth-order valence-corrected chi connectivity index (χ4v) is 14.7. The number of epoxide rings is 1. The molecule has 12 aliphatic heterocycles. The van der Waals surface area contributed by atoms with Crippen molar-refractivity contribution in [3.8, 4) is 0 Å². The van der Waals surface area contributed by atoms with Crippen LogP contribution >= 0.6 is 0 Å². The zero-order valence-electron chi connectivity index (χ0n) is 39.1.